The van der Waals surface area contributed by atoms with Crippen molar-refractivity contribution in [3.05, 3.63) is 0 Å². The molecule has 0 radical (unpaired) electrons. The molecule has 1 aliphatic heterocycles. The van der Waals surface area contributed by atoms with E-state index in [0.29, 0.717) is 18.9 Å². The number of amides is 1. The van der Waals surface area contributed by atoms with Gasteiger partial charge in [-0.1, -0.05) is 27.7 Å². The van der Waals surface area contributed by atoms with Gasteiger partial charge in [0, 0.05) is 13.1 Å². The minimum absolute atomic E-state index is 0.00277. The number of piperidine rings is 1. The lowest BCUT2D eigenvalue weighted by Gasteiger charge is -2.41. The molecule has 0 spiro atoms. The Bertz CT molecular complexity index is 344. The first-order valence-electron chi connectivity index (χ1n) is 7.27. The van der Waals surface area contributed by atoms with Crippen LogP contribution >= 0.6 is 0 Å². The van der Waals surface area contributed by atoms with Gasteiger partial charge < -0.3 is 10.2 Å². The lowest BCUT2D eigenvalue weighted by molar-refractivity contribution is -0.137. The summed E-state index contributed by atoms with van der Waals surface area (Å²) in [6, 6.07) is 2.02. The molecule has 0 aromatic rings. The Morgan fingerprint density at radius 1 is 1.53 bits per heavy atom. The summed E-state index contributed by atoms with van der Waals surface area (Å²) in [6.45, 7) is 10.7. The Morgan fingerprint density at radius 3 is 2.74 bits per heavy atom. The second-order valence-corrected chi connectivity index (χ2v) is 6.57. The molecule has 1 rings (SSSR count). The monoisotopic (exact) mass is 265 g/mol. The Kier molecular flexibility index (Phi) is 5.81. The highest BCUT2D eigenvalue weighted by Crippen LogP contribution is 2.31. The molecular weight excluding hydrogens is 238 g/mol. The van der Waals surface area contributed by atoms with Gasteiger partial charge in [0.15, 0.2) is 0 Å². The minimum atomic E-state index is -0.112. The van der Waals surface area contributed by atoms with Crippen molar-refractivity contribution in [2.75, 3.05) is 19.6 Å². The smallest absolute Gasteiger partial charge is 0.240 e. The quantitative estimate of drug-likeness (QED) is 0.829. The first kappa shape index (κ1) is 16.0. The summed E-state index contributed by atoms with van der Waals surface area (Å²) < 4.78 is 0. The van der Waals surface area contributed by atoms with Crippen molar-refractivity contribution in [2.45, 2.75) is 53.0 Å². The van der Waals surface area contributed by atoms with Gasteiger partial charge in [0.1, 0.15) is 0 Å². The van der Waals surface area contributed by atoms with Crippen LogP contribution in [0.1, 0.15) is 47.0 Å². The number of hydrogen-bond acceptors (Lipinski definition) is 3. The molecule has 1 N–H and O–H groups in total. The number of nitrogens with zero attached hydrogens (tertiary/aromatic N) is 2. The van der Waals surface area contributed by atoms with Crippen LogP contribution in [-0.4, -0.2) is 36.5 Å². The van der Waals surface area contributed by atoms with E-state index < -0.39 is 0 Å². The van der Waals surface area contributed by atoms with E-state index in [1.54, 1.807) is 0 Å². The van der Waals surface area contributed by atoms with Crippen LogP contribution in [0, 0.1) is 22.7 Å². The predicted octanol–water partition coefficient (Wildman–Crippen LogP) is 2.16. The number of rotatable bonds is 5. The fourth-order valence-electron chi connectivity index (χ4n) is 2.73. The van der Waals surface area contributed by atoms with Crippen LogP contribution in [0.3, 0.4) is 0 Å². The third-order valence-corrected chi connectivity index (χ3v) is 3.77. The topological polar surface area (TPSA) is 56.1 Å². The maximum absolute atomic E-state index is 12.7. The molecule has 0 aromatic carbocycles. The molecule has 0 bridgehead atoms. The first-order valence-corrected chi connectivity index (χ1v) is 7.27. The zero-order chi connectivity index (χ0) is 14.5. The molecule has 1 atom stereocenters. The van der Waals surface area contributed by atoms with E-state index in [-0.39, 0.29) is 17.4 Å². The van der Waals surface area contributed by atoms with Crippen LogP contribution in [0.2, 0.25) is 0 Å². The molecule has 4 nitrogen and oxygen atoms in total. The van der Waals surface area contributed by atoms with Gasteiger partial charge >= 0.3 is 0 Å². The van der Waals surface area contributed by atoms with Gasteiger partial charge in [-0.05, 0) is 30.7 Å². The Labute approximate surface area is 117 Å². The number of carbonyl (C=O) groups excluding carboxylic acids is 1. The number of carbonyl (C=O) groups is 1. The van der Waals surface area contributed by atoms with Crippen molar-refractivity contribution in [2.24, 2.45) is 11.3 Å². The summed E-state index contributed by atoms with van der Waals surface area (Å²) in [7, 11) is 0. The summed E-state index contributed by atoms with van der Waals surface area (Å²) in [4.78, 5) is 14.6. The third-order valence-electron chi connectivity index (χ3n) is 3.77. The number of hydrogen-bond donors (Lipinski definition) is 1. The molecule has 0 saturated carbocycles. The van der Waals surface area contributed by atoms with Gasteiger partial charge in [0.05, 0.1) is 18.5 Å². The molecule has 1 aliphatic rings. The van der Waals surface area contributed by atoms with Gasteiger partial charge in [0.25, 0.3) is 0 Å². The van der Waals surface area contributed by atoms with E-state index in [2.05, 4.69) is 39.1 Å². The van der Waals surface area contributed by atoms with E-state index >= 15 is 0 Å². The van der Waals surface area contributed by atoms with Gasteiger partial charge in [0.2, 0.25) is 5.91 Å². The van der Waals surface area contributed by atoms with Crippen LogP contribution in [0.5, 0.6) is 0 Å². The minimum Gasteiger partial charge on any atom is -0.340 e. The predicted molar refractivity (Wildman–Crippen MR) is 76.5 cm³/mol. The standard InChI is InChI=1S/C15H27N3O/c1-12(2)11-18(10-6-8-16)14(19)13-15(3,4)7-5-9-17-13/h12-13,17H,5-7,9-11H2,1-4H3. The van der Waals surface area contributed by atoms with Crippen molar-refractivity contribution in [3.63, 3.8) is 0 Å². The Morgan fingerprint density at radius 2 is 2.21 bits per heavy atom. The highest BCUT2D eigenvalue weighted by Gasteiger charge is 2.39. The second kappa shape index (κ2) is 6.91. The maximum Gasteiger partial charge on any atom is 0.240 e. The Balaban J connectivity index is 2.76. The maximum atomic E-state index is 12.7. The van der Waals surface area contributed by atoms with Crippen LogP contribution in [0.15, 0.2) is 0 Å². The molecule has 0 aromatic heterocycles. The lowest BCUT2D eigenvalue weighted by Crippen LogP contribution is -2.57. The van der Waals surface area contributed by atoms with Crippen LogP contribution in [0.4, 0.5) is 0 Å². The van der Waals surface area contributed by atoms with Crippen molar-refractivity contribution in [3.8, 4) is 6.07 Å². The molecule has 108 valence electrons. The Hall–Kier alpha value is -1.08. The summed E-state index contributed by atoms with van der Waals surface area (Å²) in [5.74, 6) is 0.586. The fourth-order valence-corrected chi connectivity index (χ4v) is 2.73. The molecule has 0 aliphatic carbocycles. The first-order chi connectivity index (χ1) is 8.88. The molecule has 19 heavy (non-hydrogen) atoms. The lowest BCUT2D eigenvalue weighted by atomic mass is 9.77. The third kappa shape index (κ3) is 4.50. The number of nitrogens with one attached hydrogen (secondary N) is 1. The van der Waals surface area contributed by atoms with E-state index in [9.17, 15) is 4.79 Å². The highest BCUT2D eigenvalue weighted by molar-refractivity contribution is 5.83. The molecular formula is C15H27N3O. The van der Waals surface area contributed by atoms with E-state index in [1.807, 2.05) is 4.90 Å². The summed E-state index contributed by atoms with van der Waals surface area (Å²) in [5, 5.41) is 12.1. The van der Waals surface area contributed by atoms with Crippen LogP contribution in [0.25, 0.3) is 0 Å². The van der Waals surface area contributed by atoms with Gasteiger partial charge in [-0.15, -0.1) is 0 Å². The largest absolute Gasteiger partial charge is 0.340 e. The van der Waals surface area contributed by atoms with Crippen molar-refractivity contribution in [1.82, 2.24) is 10.2 Å². The van der Waals surface area contributed by atoms with Gasteiger partial charge in [-0.25, -0.2) is 0 Å². The summed E-state index contributed by atoms with van der Waals surface area (Å²) in [5.41, 5.74) is -0.00277. The molecule has 1 unspecified atom stereocenters. The van der Waals surface area contributed by atoms with Gasteiger partial charge in [-0.2, -0.15) is 5.26 Å². The average molecular weight is 265 g/mol. The fraction of sp³-hybridized carbons (Fsp3) is 0.867. The zero-order valence-electron chi connectivity index (χ0n) is 12.7. The molecule has 1 saturated heterocycles. The zero-order valence-corrected chi connectivity index (χ0v) is 12.7. The average Bonchev–Trinajstić information content (AvgIpc) is 2.32. The van der Waals surface area contributed by atoms with E-state index in [0.717, 1.165) is 25.9 Å². The van der Waals surface area contributed by atoms with Crippen LogP contribution < -0.4 is 5.32 Å². The highest BCUT2D eigenvalue weighted by atomic mass is 16.2. The van der Waals surface area contributed by atoms with Crippen LogP contribution in [-0.2, 0) is 4.79 Å². The summed E-state index contributed by atoms with van der Waals surface area (Å²) >= 11 is 0. The summed E-state index contributed by atoms with van der Waals surface area (Å²) in [6.07, 6.45) is 2.61. The van der Waals surface area contributed by atoms with Crippen molar-refractivity contribution >= 4 is 5.91 Å². The molecule has 1 amide bonds. The molecule has 1 fully saturated rings. The van der Waals surface area contributed by atoms with E-state index in [4.69, 9.17) is 5.26 Å². The molecule has 4 heteroatoms. The molecule has 1 heterocycles. The second-order valence-electron chi connectivity index (χ2n) is 6.57. The number of nitriles is 1. The SMILES string of the molecule is CC(C)CN(CCC#N)C(=O)C1NCCCC1(C)C. The van der Waals surface area contributed by atoms with Crippen molar-refractivity contribution < 1.29 is 4.79 Å². The normalized spacial score (nSPS) is 22.0. The van der Waals surface area contributed by atoms with Crippen molar-refractivity contribution in [1.29, 1.82) is 5.26 Å². The van der Waals surface area contributed by atoms with Gasteiger partial charge in [-0.3, -0.25) is 4.79 Å². The van der Waals surface area contributed by atoms with E-state index in [1.165, 1.54) is 0 Å².